The molecule has 0 aliphatic carbocycles. The van der Waals surface area contributed by atoms with Gasteiger partial charge in [-0.3, -0.25) is 0 Å². The van der Waals surface area contributed by atoms with Crippen molar-refractivity contribution in [3.8, 4) is 0 Å². The highest BCUT2D eigenvalue weighted by molar-refractivity contribution is 7.80. The molecule has 0 aromatic heterocycles. The maximum Gasteiger partial charge on any atom is 0.106 e. The van der Waals surface area contributed by atoms with E-state index in [0.717, 1.165) is 18.7 Å². The van der Waals surface area contributed by atoms with Gasteiger partial charge in [0.2, 0.25) is 0 Å². The summed E-state index contributed by atoms with van der Waals surface area (Å²) in [6.45, 7) is 2.22. The van der Waals surface area contributed by atoms with Crippen LogP contribution in [0.3, 0.4) is 0 Å². The Kier molecular flexibility index (Phi) is 4.31. The smallest absolute Gasteiger partial charge is 0.106 e. The number of anilines is 1. The number of nitrogens with zero attached hydrogens (tertiary/aromatic N) is 1. The first-order valence-corrected chi connectivity index (χ1v) is 6.67. The van der Waals surface area contributed by atoms with Gasteiger partial charge in [0.1, 0.15) is 6.10 Å². The fourth-order valence-corrected chi connectivity index (χ4v) is 2.38. The van der Waals surface area contributed by atoms with Crippen LogP contribution in [0.1, 0.15) is 24.5 Å². The predicted molar refractivity (Wildman–Crippen MR) is 72.7 cm³/mol. The molecule has 0 spiro atoms. The minimum atomic E-state index is -0.847. The van der Waals surface area contributed by atoms with Gasteiger partial charge in [-0.15, -0.1) is 0 Å². The van der Waals surface area contributed by atoms with Gasteiger partial charge in [0.05, 0.1) is 6.10 Å². The Bertz CT molecular complexity index is 349. The molecular formula is C13H19NO2S. The molecule has 1 aromatic carbocycles. The van der Waals surface area contributed by atoms with Gasteiger partial charge in [-0.25, -0.2) is 0 Å². The molecule has 2 atom stereocenters. The number of aliphatic hydroxyl groups excluding tert-OH is 2. The van der Waals surface area contributed by atoms with E-state index in [1.807, 2.05) is 24.3 Å². The zero-order valence-corrected chi connectivity index (χ0v) is 10.7. The van der Waals surface area contributed by atoms with Gasteiger partial charge in [-0.1, -0.05) is 12.1 Å². The van der Waals surface area contributed by atoms with Crippen LogP contribution >= 0.6 is 12.6 Å². The second-order valence-corrected chi connectivity index (χ2v) is 4.85. The van der Waals surface area contributed by atoms with Gasteiger partial charge >= 0.3 is 0 Å². The zero-order chi connectivity index (χ0) is 12.3. The van der Waals surface area contributed by atoms with Gasteiger partial charge in [0.15, 0.2) is 0 Å². The van der Waals surface area contributed by atoms with E-state index in [-0.39, 0.29) is 5.75 Å². The van der Waals surface area contributed by atoms with Crippen LogP contribution in [0, 0.1) is 0 Å². The highest BCUT2D eigenvalue weighted by Crippen LogP contribution is 2.24. The van der Waals surface area contributed by atoms with E-state index in [2.05, 4.69) is 17.5 Å². The van der Waals surface area contributed by atoms with Gasteiger partial charge in [-0.05, 0) is 30.5 Å². The van der Waals surface area contributed by atoms with Crippen LogP contribution < -0.4 is 4.90 Å². The molecule has 2 N–H and O–H groups in total. The van der Waals surface area contributed by atoms with Crippen molar-refractivity contribution < 1.29 is 10.2 Å². The summed E-state index contributed by atoms with van der Waals surface area (Å²) in [5, 5.41) is 19.4. The standard InChI is InChI=1S/C13H19NO2S/c15-12(9-17)13(16)10-3-5-11(6-4-10)14-7-1-2-8-14/h3-6,12-13,15-17H,1-2,7-9H2. The van der Waals surface area contributed by atoms with E-state index in [1.165, 1.54) is 18.5 Å². The molecule has 3 nitrogen and oxygen atoms in total. The normalized spacial score (nSPS) is 19.4. The third kappa shape index (κ3) is 2.94. The lowest BCUT2D eigenvalue weighted by Gasteiger charge is -2.20. The Morgan fingerprint density at radius 1 is 1.12 bits per heavy atom. The summed E-state index contributed by atoms with van der Waals surface area (Å²) in [7, 11) is 0. The molecule has 1 heterocycles. The second-order valence-electron chi connectivity index (χ2n) is 4.48. The first-order valence-electron chi connectivity index (χ1n) is 6.04. The van der Waals surface area contributed by atoms with Crippen molar-refractivity contribution in [3.05, 3.63) is 29.8 Å². The SMILES string of the molecule is OC(CS)C(O)c1ccc(N2CCCC2)cc1. The molecule has 0 amide bonds. The monoisotopic (exact) mass is 253 g/mol. The summed E-state index contributed by atoms with van der Waals surface area (Å²) < 4.78 is 0. The summed E-state index contributed by atoms with van der Waals surface area (Å²) in [6.07, 6.45) is 0.849. The molecule has 0 bridgehead atoms. The van der Waals surface area contributed by atoms with E-state index in [9.17, 15) is 10.2 Å². The number of aliphatic hydroxyl groups is 2. The van der Waals surface area contributed by atoms with Crippen molar-refractivity contribution in [2.75, 3.05) is 23.7 Å². The van der Waals surface area contributed by atoms with Gasteiger partial charge in [0.25, 0.3) is 0 Å². The minimum absolute atomic E-state index is 0.259. The maximum absolute atomic E-state index is 9.83. The Morgan fingerprint density at radius 3 is 2.24 bits per heavy atom. The topological polar surface area (TPSA) is 43.7 Å². The third-order valence-corrected chi connectivity index (χ3v) is 3.63. The molecule has 0 radical (unpaired) electrons. The highest BCUT2D eigenvalue weighted by Gasteiger charge is 2.17. The van der Waals surface area contributed by atoms with E-state index in [0.29, 0.717) is 0 Å². The average molecular weight is 253 g/mol. The fourth-order valence-electron chi connectivity index (χ4n) is 2.18. The van der Waals surface area contributed by atoms with Crippen molar-refractivity contribution in [2.24, 2.45) is 0 Å². The van der Waals surface area contributed by atoms with Crippen LogP contribution in [0.5, 0.6) is 0 Å². The lowest BCUT2D eigenvalue weighted by molar-refractivity contribution is 0.0338. The summed E-state index contributed by atoms with van der Waals surface area (Å²) in [5.41, 5.74) is 1.94. The van der Waals surface area contributed by atoms with Crippen LogP contribution in [-0.4, -0.2) is 35.2 Å². The molecular weight excluding hydrogens is 234 g/mol. The van der Waals surface area contributed by atoms with E-state index in [1.54, 1.807) is 0 Å². The number of rotatable bonds is 4. The number of hydrogen-bond acceptors (Lipinski definition) is 4. The van der Waals surface area contributed by atoms with Crippen LogP contribution in [0.2, 0.25) is 0 Å². The Hall–Kier alpha value is -0.710. The van der Waals surface area contributed by atoms with E-state index in [4.69, 9.17) is 0 Å². The molecule has 0 saturated carbocycles. The van der Waals surface area contributed by atoms with E-state index < -0.39 is 12.2 Å². The van der Waals surface area contributed by atoms with Crippen LogP contribution in [0.15, 0.2) is 24.3 Å². The lowest BCUT2D eigenvalue weighted by Crippen LogP contribution is -2.20. The van der Waals surface area contributed by atoms with Gasteiger partial charge < -0.3 is 15.1 Å². The third-order valence-electron chi connectivity index (χ3n) is 3.26. The van der Waals surface area contributed by atoms with Gasteiger partial charge in [-0.2, -0.15) is 12.6 Å². The Labute approximate surface area is 107 Å². The highest BCUT2D eigenvalue weighted by atomic mass is 32.1. The first-order chi connectivity index (χ1) is 8.22. The largest absolute Gasteiger partial charge is 0.389 e. The molecule has 4 heteroatoms. The molecule has 2 rings (SSSR count). The second kappa shape index (κ2) is 5.76. The molecule has 1 aliphatic heterocycles. The summed E-state index contributed by atoms with van der Waals surface area (Å²) in [5.74, 6) is 0.259. The lowest BCUT2D eigenvalue weighted by atomic mass is 10.0. The average Bonchev–Trinajstić information content (AvgIpc) is 2.91. The van der Waals surface area contributed by atoms with Crippen molar-refractivity contribution in [1.29, 1.82) is 0 Å². The van der Waals surface area contributed by atoms with Crippen molar-refractivity contribution in [1.82, 2.24) is 0 Å². The van der Waals surface area contributed by atoms with Crippen LogP contribution in [0.4, 0.5) is 5.69 Å². The molecule has 1 aliphatic rings. The summed E-state index contributed by atoms with van der Waals surface area (Å²) in [4.78, 5) is 2.34. The molecule has 17 heavy (non-hydrogen) atoms. The van der Waals surface area contributed by atoms with Crippen molar-refractivity contribution in [2.45, 2.75) is 25.0 Å². The first kappa shape index (κ1) is 12.7. The molecule has 1 fully saturated rings. The minimum Gasteiger partial charge on any atom is -0.389 e. The van der Waals surface area contributed by atoms with E-state index >= 15 is 0 Å². The molecule has 1 aromatic rings. The Balaban J connectivity index is 2.06. The summed E-state index contributed by atoms with van der Waals surface area (Å²) >= 11 is 3.98. The van der Waals surface area contributed by atoms with Crippen LogP contribution in [-0.2, 0) is 0 Å². The maximum atomic E-state index is 9.83. The molecule has 94 valence electrons. The Morgan fingerprint density at radius 2 is 1.71 bits per heavy atom. The van der Waals surface area contributed by atoms with Gasteiger partial charge in [0, 0.05) is 24.5 Å². The number of benzene rings is 1. The quantitative estimate of drug-likeness (QED) is 0.714. The zero-order valence-electron chi connectivity index (χ0n) is 9.79. The predicted octanol–water partition coefficient (Wildman–Crippen LogP) is 1.61. The fraction of sp³-hybridized carbons (Fsp3) is 0.538. The number of hydrogen-bond donors (Lipinski definition) is 3. The van der Waals surface area contributed by atoms with Crippen molar-refractivity contribution >= 4 is 18.3 Å². The summed E-state index contributed by atoms with van der Waals surface area (Å²) in [6, 6.07) is 7.78. The van der Waals surface area contributed by atoms with Crippen LogP contribution in [0.25, 0.3) is 0 Å². The molecule has 1 saturated heterocycles. The molecule has 2 unspecified atom stereocenters. The van der Waals surface area contributed by atoms with Crippen molar-refractivity contribution in [3.63, 3.8) is 0 Å². The number of thiol groups is 1.